The lowest BCUT2D eigenvalue weighted by molar-refractivity contribution is 0.0664. The van der Waals surface area contributed by atoms with Gasteiger partial charge in [-0.05, 0) is 18.2 Å². The Morgan fingerprint density at radius 1 is 1.31 bits per heavy atom. The van der Waals surface area contributed by atoms with Crippen LogP contribution >= 0.6 is 0 Å². The first-order chi connectivity index (χ1) is 7.65. The maximum Gasteiger partial charge on any atom is 0.371 e. The standard InChI is InChI=1S/C11H6FNO3/c12-5-1-2-8-6(3-5)7-4-9(11(14)15)16-10(7)13-8/h1-4,13H,(H,14,15). The Balaban J connectivity index is 2.40. The van der Waals surface area contributed by atoms with Crippen molar-refractivity contribution in [3.8, 4) is 0 Å². The molecule has 0 saturated carbocycles. The lowest BCUT2D eigenvalue weighted by Crippen LogP contribution is -1.91. The molecule has 2 N–H and O–H groups in total. The Labute approximate surface area is 88.3 Å². The molecular weight excluding hydrogens is 213 g/mol. The number of carboxylic acid groups (broad SMARTS) is 1. The second kappa shape index (κ2) is 2.85. The maximum absolute atomic E-state index is 13.0. The van der Waals surface area contributed by atoms with E-state index in [1.165, 1.54) is 18.2 Å². The fraction of sp³-hybridized carbons (Fsp3) is 0. The van der Waals surface area contributed by atoms with Gasteiger partial charge in [-0.2, -0.15) is 0 Å². The number of aromatic carboxylic acids is 1. The number of H-pyrrole nitrogens is 1. The first-order valence-electron chi connectivity index (χ1n) is 4.59. The zero-order valence-electron chi connectivity index (χ0n) is 7.95. The Morgan fingerprint density at radius 3 is 2.88 bits per heavy atom. The third kappa shape index (κ3) is 1.11. The van der Waals surface area contributed by atoms with E-state index in [0.29, 0.717) is 22.0 Å². The second-order valence-corrected chi connectivity index (χ2v) is 3.47. The summed E-state index contributed by atoms with van der Waals surface area (Å²) in [5.74, 6) is -1.67. The predicted molar refractivity (Wildman–Crippen MR) is 55.0 cm³/mol. The number of rotatable bonds is 1. The number of halogens is 1. The van der Waals surface area contributed by atoms with E-state index in [1.54, 1.807) is 6.07 Å². The van der Waals surface area contributed by atoms with Crippen molar-refractivity contribution in [3.05, 3.63) is 35.8 Å². The van der Waals surface area contributed by atoms with Gasteiger partial charge in [0.25, 0.3) is 0 Å². The van der Waals surface area contributed by atoms with Crippen molar-refractivity contribution >= 4 is 28.0 Å². The Kier molecular flexibility index (Phi) is 1.60. The van der Waals surface area contributed by atoms with Crippen molar-refractivity contribution in [3.63, 3.8) is 0 Å². The van der Waals surface area contributed by atoms with Gasteiger partial charge in [-0.25, -0.2) is 9.18 Å². The van der Waals surface area contributed by atoms with Crippen LogP contribution in [0, 0.1) is 5.82 Å². The molecule has 3 rings (SSSR count). The summed E-state index contributed by atoms with van der Waals surface area (Å²) in [6.07, 6.45) is 0. The lowest BCUT2D eigenvalue weighted by atomic mass is 10.2. The number of nitrogens with one attached hydrogen (secondary N) is 1. The molecule has 2 heterocycles. The van der Waals surface area contributed by atoms with Crippen LogP contribution in [0.25, 0.3) is 22.0 Å². The van der Waals surface area contributed by atoms with Gasteiger partial charge in [0.1, 0.15) is 5.82 Å². The molecule has 0 bridgehead atoms. The van der Waals surface area contributed by atoms with Crippen molar-refractivity contribution in [2.45, 2.75) is 0 Å². The summed E-state index contributed by atoms with van der Waals surface area (Å²) in [5, 5.41) is 9.94. The van der Waals surface area contributed by atoms with Crippen LogP contribution in [0.15, 0.2) is 28.7 Å². The molecule has 16 heavy (non-hydrogen) atoms. The summed E-state index contributed by atoms with van der Waals surface area (Å²) in [6, 6.07) is 5.64. The number of hydrogen-bond donors (Lipinski definition) is 2. The van der Waals surface area contributed by atoms with Gasteiger partial charge in [-0.3, -0.25) is 0 Å². The molecule has 1 aromatic carbocycles. The largest absolute Gasteiger partial charge is 0.475 e. The molecule has 4 nitrogen and oxygen atoms in total. The molecular formula is C11H6FNO3. The van der Waals surface area contributed by atoms with Gasteiger partial charge in [0.15, 0.2) is 0 Å². The summed E-state index contributed by atoms with van der Waals surface area (Å²) in [5.41, 5.74) is 1.06. The van der Waals surface area contributed by atoms with E-state index in [-0.39, 0.29) is 11.6 Å². The van der Waals surface area contributed by atoms with E-state index in [4.69, 9.17) is 9.52 Å². The first-order valence-corrected chi connectivity index (χ1v) is 4.59. The van der Waals surface area contributed by atoms with Crippen molar-refractivity contribution in [1.82, 2.24) is 4.98 Å². The van der Waals surface area contributed by atoms with Crippen molar-refractivity contribution in [2.75, 3.05) is 0 Å². The molecule has 3 aromatic rings. The molecule has 0 aliphatic heterocycles. The van der Waals surface area contributed by atoms with Crippen molar-refractivity contribution in [2.24, 2.45) is 0 Å². The van der Waals surface area contributed by atoms with Crippen LogP contribution < -0.4 is 0 Å². The number of carbonyl (C=O) groups is 1. The van der Waals surface area contributed by atoms with Gasteiger partial charge in [0.05, 0.1) is 0 Å². The van der Waals surface area contributed by atoms with E-state index in [2.05, 4.69) is 4.98 Å². The SMILES string of the molecule is O=C(O)c1cc2c([nH]c3ccc(F)cc32)o1. The minimum Gasteiger partial charge on any atom is -0.475 e. The minimum absolute atomic E-state index is 0.160. The molecule has 0 saturated heterocycles. The van der Waals surface area contributed by atoms with Crippen LogP contribution in [0.4, 0.5) is 4.39 Å². The number of hydrogen-bond acceptors (Lipinski definition) is 2. The predicted octanol–water partition coefficient (Wildman–Crippen LogP) is 2.75. The monoisotopic (exact) mass is 219 g/mol. The van der Waals surface area contributed by atoms with Crippen LogP contribution in [0.3, 0.4) is 0 Å². The number of fused-ring (bicyclic) bond motifs is 3. The van der Waals surface area contributed by atoms with Crippen molar-refractivity contribution < 1.29 is 18.7 Å². The molecule has 0 fully saturated rings. The topological polar surface area (TPSA) is 66.2 Å². The third-order valence-corrected chi connectivity index (χ3v) is 2.46. The summed E-state index contributed by atoms with van der Waals surface area (Å²) < 4.78 is 18.1. The quantitative estimate of drug-likeness (QED) is 0.661. The summed E-state index contributed by atoms with van der Waals surface area (Å²) in [6.45, 7) is 0. The molecule has 0 aliphatic rings. The fourth-order valence-electron chi connectivity index (χ4n) is 1.76. The van der Waals surface area contributed by atoms with E-state index in [9.17, 15) is 9.18 Å². The van der Waals surface area contributed by atoms with Crippen LogP contribution in [0.5, 0.6) is 0 Å². The third-order valence-electron chi connectivity index (χ3n) is 2.46. The first kappa shape index (κ1) is 8.96. The fourth-order valence-corrected chi connectivity index (χ4v) is 1.76. The Hall–Kier alpha value is -2.30. The molecule has 80 valence electrons. The number of aromatic nitrogens is 1. The van der Waals surface area contributed by atoms with E-state index >= 15 is 0 Å². The zero-order chi connectivity index (χ0) is 11.3. The summed E-state index contributed by atoms with van der Waals surface area (Å²) in [4.78, 5) is 13.6. The van der Waals surface area contributed by atoms with E-state index < -0.39 is 5.97 Å². The highest BCUT2D eigenvalue weighted by molar-refractivity contribution is 6.07. The number of carboxylic acids is 1. The second-order valence-electron chi connectivity index (χ2n) is 3.47. The highest BCUT2D eigenvalue weighted by Crippen LogP contribution is 2.28. The molecule has 0 unspecified atom stereocenters. The minimum atomic E-state index is -1.14. The number of furan rings is 1. The molecule has 0 atom stereocenters. The normalized spacial score (nSPS) is 11.3. The van der Waals surface area contributed by atoms with Gasteiger partial charge < -0.3 is 14.5 Å². The average molecular weight is 219 g/mol. The highest BCUT2D eigenvalue weighted by Gasteiger charge is 2.14. The van der Waals surface area contributed by atoms with Gasteiger partial charge in [-0.15, -0.1) is 0 Å². The van der Waals surface area contributed by atoms with Gasteiger partial charge in [0, 0.05) is 22.4 Å². The molecule has 5 heteroatoms. The van der Waals surface area contributed by atoms with Gasteiger partial charge >= 0.3 is 5.97 Å². The number of benzene rings is 1. The Bertz CT molecular complexity index is 710. The highest BCUT2D eigenvalue weighted by atomic mass is 19.1. The van der Waals surface area contributed by atoms with Crippen LogP contribution in [0.2, 0.25) is 0 Å². The molecule has 0 amide bonds. The van der Waals surface area contributed by atoms with Crippen LogP contribution in [0.1, 0.15) is 10.6 Å². The zero-order valence-corrected chi connectivity index (χ0v) is 7.95. The summed E-state index contributed by atoms with van der Waals surface area (Å²) in [7, 11) is 0. The molecule has 0 radical (unpaired) electrons. The van der Waals surface area contributed by atoms with E-state index in [0.717, 1.165) is 0 Å². The van der Waals surface area contributed by atoms with Crippen LogP contribution in [-0.4, -0.2) is 16.1 Å². The smallest absolute Gasteiger partial charge is 0.371 e. The number of aromatic amines is 1. The maximum atomic E-state index is 13.0. The Morgan fingerprint density at radius 2 is 2.12 bits per heavy atom. The average Bonchev–Trinajstić information content (AvgIpc) is 2.75. The lowest BCUT2D eigenvalue weighted by Gasteiger charge is -1.89. The summed E-state index contributed by atoms with van der Waals surface area (Å²) >= 11 is 0. The molecule has 0 aliphatic carbocycles. The van der Waals surface area contributed by atoms with Crippen LogP contribution in [-0.2, 0) is 0 Å². The van der Waals surface area contributed by atoms with Gasteiger partial charge in [-0.1, -0.05) is 0 Å². The van der Waals surface area contributed by atoms with E-state index in [1.807, 2.05) is 0 Å². The molecule has 2 aromatic heterocycles. The molecule has 0 spiro atoms. The van der Waals surface area contributed by atoms with Gasteiger partial charge in [0.2, 0.25) is 11.5 Å². The van der Waals surface area contributed by atoms with Crippen molar-refractivity contribution in [1.29, 1.82) is 0 Å².